The van der Waals surface area contributed by atoms with Crippen molar-refractivity contribution in [2.45, 2.75) is 6.92 Å². The lowest BCUT2D eigenvalue weighted by Gasteiger charge is -1.94. The second-order valence-corrected chi connectivity index (χ2v) is 4.33. The number of carbonyl (C=O) groups is 1. The van der Waals surface area contributed by atoms with Crippen LogP contribution in [-0.2, 0) is 4.74 Å². The number of fused-ring (bicyclic) bond motifs is 1. The minimum Gasteiger partial charge on any atom is -0.459 e. The quantitative estimate of drug-likeness (QED) is 0.734. The molecule has 0 saturated heterocycles. The zero-order chi connectivity index (χ0) is 14.8. The normalized spacial score (nSPS) is 10.8. The summed E-state index contributed by atoms with van der Waals surface area (Å²) < 4.78 is 15.2. The van der Waals surface area contributed by atoms with Crippen LogP contribution in [0.2, 0.25) is 5.02 Å². The molecule has 0 unspecified atom stereocenters. The Labute approximate surface area is 123 Å². The number of ether oxygens (including phenoxy) is 1. The molecule has 3 rings (SSSR count). The van der Waals surface area contributed by atoms with E-state index in [1.165, 1.54) is 0 Å². The molecule has 0 bridgehead atoms. The fourth-order valence-electron chi connectivity index (χ4n) is 1.59. The van der Waals surface area contributed by atoms with Crippen molar-refractivity contribution in [3.05, 3.63) is 29.1 Å². The first kappa shape index (κ1) is 13.4. The molecule has 9 heteroatoms. The molecule has 3 aromatic rings. The van der Waals surface area contributed by atoms with E-state index >= 15 is 0 Å². The van der Waals surface area contributed by atoms with Crippen molar-refractivity contribution in [3.8, 4) is 0 Å². The largest absolute Gasteiger partial charge is 0.459 e. The number of hydrogen-bond acceptors (Lipinski definition) is 8. The summed E-state index contributed by atoms with van der Waals surface area (Å²) in [5, 5.41) is 10.4. The number of halogens is 1. The number of nitrogens with one attached hydrogen (secondary N) is 1. The zero-order valence-electron chi connectivity index (χ0n) is 10.8. The first-order valence-electron chi connectivity index (χ1n) is 5.99. The monoisotopic (exact) mass is 308 g/mol. The minimum absolute atomic E-state index is 0.0318. The van der Waals surface area contributed by atoms with Crippen molar-refractivity contribution >= 4 is 40.7 Å². The van der Waals surface area contributed by atoms with Gasteiger partial charge in [-0.3, -0.25) is 5.32 Å². The summed E-state index contributed by atoms with van der Waals surface area (Å²) in [6.07, 6.45) is 0. The maximum Gasteiger partial charge on any atom is 0.396 e. The SMILES string of the molecule is CCOC(=O)c1nnc(Nc2nc3ccc(Cl)cc3o2)o1. The van der Waals surface area contributed by atoms with Gasteiger partial charge in [-0.1, -0.05) is 21.8 Å². The van der Waals surface area contributed by atoms with Crippen LogP contribution in [0.25, 0.3) is 11.1 Å². The van der Waals surface area contributed by atoms with E-state index in [0.29, 0.717) is 16.1 Å². The lowest BCUT2D eigenvalue weighted by molar-refractivity contribution is 0.0481. The summed E-state index contributed by atoms with van der Waals surface area (Å²) in [5.41, 5.74) is 1.13. The molecule has 0 fully saturated rings. The Morgan fingerprint density at radius 2 is 2.19 bits per heavy atom. The van der Waals surface area contributed by atoms with E-state index in [2.05, 4.69) is 20.5 Å². The van der Waals surface area contributed by atoms with Crippen molar-refractivity contribution < 1.29 is 18.4 Å². The van der Waals surface area contributed by atoms with Gasteiger partial charge in [0.15, 0.2) is 5.58 Å². The van der Waals surface area contributed by atoms with Crippen LogP contribution in [-0.4, -0.2) is 27.8 Å². The van der Waals surface area contributed by atoms with Gasteiger partial charge < -0.3 is 13.6 Å². The van der Waals surface area contributed by atoms with Crippen molar-refractivity contribution in [3.63, 3.8) is 0 Å². The Morgan fingerprint density at radius 3 is 3.00 bits per heavy atom. The van der Waals surface area contributed by atoms with Crippen LogP contribution in [0.5, 0.6) is 0 Å². The molecule has 0 amide bonds. The summed E-state index contributed by atoms with van der Waals surface area (Å²) in [5.74, 6) is -0.944. The number of nitrogens with zero attached hydrogens (tertiary/aromatic N) is 3. The molecule has 2 heterocycles. The number of hydrogen-bond donors (Lipinski definition) is 1. The first-order valence-corrected chi connectivity index (χ1v) is 6.37. The third-order valence-electron chi connectivity index (χ3n) is 2.44. The first-order chi connectivity index (χ1) is 10.2. The fraction of sp³-hybridized carbons (Fsp3) is 0.167. The maximum absolute atomic E-state index is 11.4. The van der Waals surface area contributed by atoms with Gasteiger partial charge in [0.1, 0.15) is 5.52 Å². The van der Waals surface area contributed by atoms with Gasteiger partial charge in [-0.2, -0.15) is 4.98 Å². The highest BCUT2D eigenvalue weighted by Gasteiger charge is 2.17. The number of rotatable bonds is 4. The van der Waals surface area contributed by atoms with E-state index in [9.17, 15) is 4.79 Å². The number of carbonyl (C=O) groups excluding carboxylic acids is 1. The van der Waals surface area contributed by atoms with Gasteiger partial charge in [0.05, 0.1) is 6.61 Å². The van der Waals surface area contributed by atoms with Crippen molar-refractivity contribution in [2.75, 3.05) is 11.9 Å². The van der Waals surface area contributed by atoms with Crippen LogP contribution >= 0.6 is 11.6 Å². The molecule has 108 valence electrons. The van der Waals surface area contributed by atoms with Gasteiger partial charge in [0.25, 0.3) is 0 Å². The fourth-order valence-corrected chi connectivity index (χ4v) is 1.75. The summed E-state index contributed by atoms with van der Waals surface area (Å²) in [6.45, 7) is 1.90. The number of benzene rings is 1. The molecule has 0 atom stereocenters. The Morgan fingerprint density at radius 1 is 1.33 bits per heavy atom. The predicted octanol–water partition coefficient (Wildman–Crippen LogP) is 2.78. The molecule has 1 N–H and O–H groups in total. The molecule has 0 saturated carbocycles. The Balaban J connectivity index is 1.80. The molecule has 21 heavy (non-hydrogen) atoms. The molecule has 8 nitrogen and oxygen atoms in total. The summed E-state index contributed by atoms with van der Waals surface area (Å²) in [6, 6.07) is 5.15. The van der Waals surface area contributed by atoms with E-state index in [1.807, 2.05) is 0 Å². The lowest BCUT2D eigenvalue weighted by Crippen LogP contribution is -2.04. The number of anilines is 2. The van der Waals surface area contributed by atoms with E-state index < -0.39 is 5.97 Å². The molecule has 0 aliphatic rings. The average molecular weight is 309 g/mol. The smallest absolute Gasteiger partial charge is 0.396 e. The van der Waals surface area contributed by atoms with Gasteiger partial charge in [0.2, 0.25) is 0 Å². The van der Waals surface area contributed by atoms with Crippen LogP contribution in [0, 0.1) is 0 Å². The molecule has 0 aliphatic heterocycles. The molecular formula is C12H9ClN4O4. The minimum atomic E-state index is -0.692. The number of esters is 1. The third-order valence-corrected chi connectivity index (χ3v) is 2.67. The predicted molar refractivity (Wildman–Crippen MR) is 72.6 cm³/mol. The van der Waals surface area contributed by atoms with E-state index in [4.69, 9.17) is 25.2 Å². The maximum atomic E-state index is 11.4. The molecule has 1 aromatic carbocycles. The molecular weight excluding hydrogens is 300 g/mol. The summed E-state index contributed by atoms with van der Waals surface area (Å²) in [7, 11) is 0. The molecule has 0 aliphatic carbocycles. The van der Waals surface area contributed by atoms with E-state index in [-0.39, 0.29) is 24.5 Å². The summed E-state index contributed by atoms with van der Waals surface area (Å²) in [4.78, 5) is 15.5. The Kier molecular flexibility index (Phi) is 3.44. The third kappa shape index (κ3) is 2.79. The zero-order valence-corrected chi connectivity index (χ0v) is 11.5. The topological polar surface area (TPSA) is 103 Å². The van der Waals surface area contributed by atoms with E-state index in [0.717, 1.165) is 0 Å². The van der Waals surface area contributed by atoms with Crippen molar-refractivity contribution in [1.82, 2.24) is 15.2 Å². The second-order valence-electron chi connectivity index (χ2n) is 3.89. The Bertz CT molecular complexity index is 798. The van der Waals surface area contributed by atoms with Crippen LogP contribution in [0.1, 0.15) is 17.6 Å². The van der Waals surface area contributed by atoms with Gasteiger partial charge in [-0.25, -0.2) is 4.79 Å². The number of oxazole rings is 1. The highest BCUT2D eigenvalue weighted by Crippen LogP contribution is 2.24. The van der Waals surface area contributed by atoms with Crippen LogP contribution in [0.15, 0.2) is 27.0 Å². The molecule has 2 aromatic heterocycles. The highest BCUT2D eigenvalue weighted by molar-refractivity contribution is 6.31. The lowest BCUT2D eigenvalue weighted by atomic mass is 10.3. The van der Waals surface area contributed by atoms with Crippen LogP contribution in [0.4, 0.5) is 12.0 Å². The summed E-state index contributed by atoms with van der Waals surface area (Å²) >= 11 is 5.86. The highest BCUT2D eigenvalue weighted by atomic mass is 35.5. The van der Waals surface area contributed by atoms with Gasteiger partial charge in [-0.15, -0.1) is 0 Å². The van der Waals surface area contributed by atoms with Crippen LogP contribution < -0.4 is 5.32 Å². The van der Waals surface area contributed by atoms with Crippen molar-refractivity contribution in [1.29, 1.82) is 0 Å². The van der Waals surface area contributed by atoms with Gasteiger partial charge in [0, 0.05) is 11.1 Å². The number of aromatic nitrogens is 3. The second kappa shape index (κ2) is 5.41. The molecule has 0 spiro atoms. The average Bonchev–Trinajstić information content (AvgIpc) is 3.05. The van der Waals surface area contributed by atoms with Gasteiger partial charge >= 0.3 is 23.9 Å². The molecule has 0 radical (unpaired) electrons. The van der Waals surface area contributed by atoms with Gasteiger partial charge in [-0.05, 0) is 19.1 Å². The van der Waals surface area contributed by atoms with E-state index in [1.54, 1.807) is 25.1 Å². The van der Waals surface area contributed by atoms with Crippen LogP contribution in [0.3, 0.4) is 0 Å². The Hall–Kier alpha value is -2.61. The standard InChI is InChI=1S/C12H9ClN4O4/c1-2-19-10(18)9-16-17-12(21-9)15-11-14-7-4-3-6(13)5-8(7)20-11/h3-5H,2H2,1H3,(H,14,15,17). The van der Waals surface area contributed by atoms with Crippen molar-refractivity contribution in [2.24, 2.45) is 0 Å².